The number of halogens is 2. The smallest absolute Gasteiger partial charge is 0.338 e. The van der Waals surface area contributed by atoms with Crippen molar-refractivity contribution in [2.24, 2.45) is 0 Å². The molecule has 29 heavy (non-hydrogen) atoms. The average molecular weight is 425 g/mol. The zero-order valence-electron chi connectivity index (χ0n) is 16.0. The highest BCUT2D eigenvalue weighted by atomic mass is 35.5. The number of hydrogen-bond acceptors (Lipinski definition) is 5. The third-order valence-electron chi connectivity index (χ3n) is 5.02. The van der Waals surface area contributed by atoms with E-state index in [2.05, 4.69) is 15.3 Å². The summed E-state index contributed by atoms with van der Waals surface area (Å²) in [4.78, 5) is 32.4. The Balaban J connectivity index is 1.72. The van der Waals surface area contributed by atoms with Crippen LogP contribution in [0, 0.1) is 5.82 Å². The highest BCUT2D eigenvalue weighted by Gasteiger charge is 2.33. The Morgan fingerprint density at radius 3 is 2.86 bits per heavy atom. The average Bonchev–Trinajstić information content (AvgIpc) is 3.09. The molecule has 1 fully saturated rings. The molecule has 2 heterocycles. The molecule has 1 aliphatic heterocycles. The van der Waals surface area contributed by atoms with Gasteiger partial charge in [0.1, 0.15) is 0 Å². The molecular weight excluding hydrogens is 403 g/mol. The van der Waals surface area contributed by atoms with E-state index >= 15 is 0 Å². The molecule has 2 aromatic rings. The molecule has 0 saturated carbocycles. The Bertz CT molecular complexity index is 920. The zero-order valence-corrected chi connectivity index (χ0v) is 16.8. The maximum Gasteiger partial charge on any atom is 0.338 e. The number of methoxy groups -OCH3 is 1. The lowest BCUT2D eigenvalue weighted by Crippen LogP contribution is -2.55. The van der Waals surface area contributed by atoms with Gasteiger partial charge in [-0.25, -0.2) is 14.2 Å². The van der Waals surface area contributed by atoms with E-state index in [0.717, 1.165) is 0 Å². The molecule has 0 spiro atoms. The number of aryl methyl sites for hydroxylation is 1. The molecule has 2 unspecified atom stereocenters. The molecule has 1 saturated heterocycles. The second-order valence-electron chi connectivity index (χ2n) is 6.74. The Hall–Kier alpha value is -2.65. The van der Waals surface area contributed by atoms with Crippen molar-refractivity contribution in [1.82, 2.24) is 15.3 Å². The van der Waals surface area contributed by atoms with Gasteiger partial charge in [0.25, 0.3) is 5.91 Å². The lowest BCUT2D eigenvalue weighted by molar-refractivity contribution is 0.0536. The molecule has 10 heteroatoms. The number of nitrogens with zero attached hydrogens (tertiary/aromatic N) is 2. The molecule has 3 N–H and O–H groups in total. The first-order chi connectivity index (χ1) is 13.8. The Labute approximate surface area is 172 Å². The number of nitrogens with one attached hydrogen (secondary N) is 2. The van der Waals surface area contributed by atoms with Gasteiger partial charge in [-0.15, -0.1) is 0 Å². The summed E-state index contributed by atoms with van der Waals surface area (Å²) in [5.41, 5.74) is 0.499. The molecule has 0 aliphatic carbocycles. The van der Waals surface area contributed by atoms with Crippen LogP contribution in [0.5, 0.6) is 0 Å². The van der Waals surface area contributed by atoms with Gasteiger partial charge in [-0.05, 0) is 25.0 Å². The number of carbonyl (C=O) groups is 2. The van der Waals surface area contributed by atoms with Gasteiger partial charge in [0.05, 0.1) is 29.1 Å². The van der Waals surface area contributed by atoms with E-state index in [-0.39, 0.29) is 28.3 Å². The largest absolute Gasteiger partial charge is 0.478 e. The van der Waals surface area contributed by atoms with Crippen LogP contribution in [0.15, 0.2) is 18.2 Å². The molecule has 1 aromatic heterocycles. The first-order valence-corrected chi connectivity index (χ1v) is 9.58. The van der Waals surface area contributed by atoms with Gasteiger partial charge >= 0.3 is 5.97 Å². The fraction of sp³-hybridized carbons (Fsp3) is 0.421. The predicted octanol–water partition coefficient (Wildman–Crippen LogP) is 2.49. The van der Waals surface area contributed by atoms with Crippen LogP contribution in [0.4, 0.5) is 10.1 Å². The summed E-state index contributed by atoms with van der Waals surface area (Å²) in [5.74, 6) is -2.37. The molecule has 0 bridgehead atoms. The second-order valence-corrected chi connectivity index (χ2v) is 7.10. The minimum Gasteiger partial charge on any atom is -0.478 e. The maximum absolute atomic E-state index is 14.6. The predicted molar refractivity (Wildman–Crippen MR) is 105 cm³/mol. The van der Waals surface area contributed by atoms with Gasteiger partial charge in [0, 0.05) is 20.2 Å². The molecule has 0 radical (unpaired) electrons. The van der Waals surface area contributed by atoms with E-state index in [4.69, 9.17) is 21.4 Å². The molecule has 1 aromatic carbocycles. The number of aromatic amines is 1. The monoisotopic (exact) mass is 424 g/mol. The van der Waals surface area contributed by atoms with Gasteiger partial charge in [-0.3, -0.25) is 4.79 Å². The Morgan fingerprint density at radius 2 is 2.24 bits per heavy atom. The highest BCUT2D eigenvalue weighted by Crippen LogP contribution is 2.26. The van der Waals surface area contributed by atoms with E-state index in [1.807, 2.05) is 6.92 Å². The number of anilines is 1. The van der Waals surface area contributed by atoms with Gasteiger partial charge in [-0.2, -0.15) is 0 Å². The molecule has 156 valence electrons. The SMILES string of the molecule is CCc1[nH]c(C(=O)NC2CCN(c3cccc(C(=O)O)c3F)CC2OC)nc1Cl. The van der Waals surface area contributed by atoms with Crippen LogP contribution in [0.3, 0.4) is 0 Å². The van der Waals surface area contributed by atoms with E-state index in [1.165, 1.54) is 25.3 Å². The Kier molecular flexibility index (Phi) is 6.39. The first kappa shape index (κ1) is 21.1. The van der Waals surface area contributed by atoms with Crippen molar-refractivity contribution in [2.45, 2.75) is 31.9 Å². The van der Waals surface area contributed by atoms with Crippen LogP contribution in [0.25, 0.3) is 0 Å². The number of imidazole rings is 1. The van der Waals surface area contributed by atoms with Crippen molar-refractivity contribution in [3.8, 4) is 0 Å². The number of rotatable bonds is 6. The lowest BCUT2D eigenvalue weighted by Gasteiger charge is -2.39. The number of ether oxygens (including phenoxy) is 1. The Morgan fingerprint density at radius 1 is 1.48 bits per heavy atom. The van der Waals surface area contributed by atoms with Crippen molar-refractivity contribution < 1.29 is 23.8 Å². The summed E-state index contributed by atoms with van der Waals surface area (Å²) in [6.07, 6.45) is 0.687. The third kappa shape index (κ3) is 4.35. The van der Waals surface area contributed by atoms with Crippen LogP contribution >= 0.6 is 11.6 Å². The quantitative estimate of drug-likeness (QED) is 0.657. The van der Waals surface area contributed by atoms with Crippen LogP contribution in [-0.4, -0.2) is 59.3 Å². The van der Waals surface area contributed by atoms with Crippen molar-refractivity contribution >= 4 is 29.2 Å². The number of aromatic carboxylic acids is 1. The molecule has 3 rings (SSSR count). The van der Waals surface area contributed by atoms with Crippen LogP contribution in [0.1, 0.15) is 40.0 Å². The zero-order chi connectivity index (χ0) is 21.1. The molecular formula is C19H22ClFN4O4. The van der Waals surface area contributed by atoms with E-state index < -0.39 is 23.8 Å². The van der Waals surface area contributed by atoms with Crippen LogP contribution < -0.4 is 10.2 Å². The fourth-order valence-electron chi connectivity index (χ4n) is 3.44. The van der Waals surface area contributed by atoms with Crippen molar-refractivity contribution in [3.63, 3.8) is 0 Å². The number of carboxylic acid groups (broad SMARTS) is 1. The van der Waals surface area contributed by atoms with E-state index in [1.54, 1.807) is 4.90 Å². The molecule has 1 aliphatic rings. The summed E-state index contributed by atoms with van der Waals surface area (Å²) in [6, 6.07) is 3.94. The number of benzene rings is 1. The number of hydrogen-bond donors (Lipinski definition) is 3. The summed E-state index contributed by atoms with van der Waals surface area (Å²) >= 11 is 5.99. The summed E-state index contributed by atoms with van der Waals surface area (Å²) in [7, 11) is 1.51. The van der Waals surface area contributed by atoms with E-state index in [0.29, 0.717) is 31.6 Å². The molecule has 1 amide bonds. The maximum atomic E-state index is 14.6. The fourth-order valence-corrected chi connectivity index (χ4v) is 3.70. The van der Waals surface area contributed by atoms with Crippen LogP contribution in [-0.2, 0) is 11.2 Å². The first-order valence-electron chi connectivity index (χ1n) is 9.20. The summed E-state index contributed by atoms with van der Waals surface area (Å²) in [5, 5.41) is 12.3. The second kappa shape index (κ2) is 8.79. The van der Waals surface area contributed by atoms with Gasteiger partial charge < -0.3 is 25.0 Å². The van der Waals surface area contributed by atoms with Crippen molar-refractivity contribution in [1.29, 1.82) is 0 Å². The highest BCUT2D eigenvalue weighted by molar-refractivity contribution is 6.30. The van der Waals surface area contributed by atoms with Crippen LogP contribution in [0.2, 0.25) is 5.15 Å². The molecule has 2 atom stereocenters. The molecule has 8 nitrogen and oxygen atoms in total. The van der Waals surface area contributed by atoms with Gasteiger partial charge in [0.2, 0.25) is 0 Å². The van der Waals surface area contributed by atoms with Crippen molar-refractivity contribution in [3.05, 3.63) is 46.3 Å². The topological polar surface area (TPSA) is 108 Å². The van der Waals surface area contributed by atoms with Crippen molar-refractivity contribution in [2.75, 3.05) is 25.1 Å². The number of carboxylic acids is 1. The normalized spacial score (nSPS) is 19.2. The van der Waals surface area contributed by atoms with Gasteiger partial charge in [0.15, 0.2) is 16.8 Å². The minimum atomic E-state index is -1.32. The third-order valence-corrected chi connectivity index (χ3v) is 5.34. The van der Waals surface area contributed by atoms with E-state index in [9.17, 15) is 14.0 Å². The summed E-state index contributed by atoms with van der Waals surface area (Å²) in [6.45, 7) is 2.61. The van der Waals surface area contributed by atoms with Gasteiger partial charge in [-0.1, -0.05) is 24.6 Å². The minimum absolute atomic E-state index is 0.129. The summed E-state index contributed by atoms with van der Waals surface area (Å²) < 4.78 is 20.1. The number of piperidine rings is 1. The number of H-pyrrole nitrogens is 1. The number of amides is 1. The number of carbonyl (C=O) groups excluding carboxylic acids is 1. The standard InChI is InChI=1S/C19H22ClFN4O4/c1-3-11-16(20)24-17(22-11)18(26)23-12-7-8-25(9-14(12)29-2)13-6-4-5-10(15(13)21)19(27)28/h4-6,12,14H,3,7-9H2,1-2H3,(H,22,24)(H,23,26)(H,27,28). The number of aromatic nitrogens is 2. The lowest BCUT2D eigenvalue weighted by atomic mass is 10.00.